The lowest BCUT2D eigenvalue weighted by atomic mass is 10.2. The van der Waals surface area contributed by atoms with Gasteiger partial charge in [0.05, 0.1) is 20.3 Å². The van der Waals surface area contributed by atoms with Crippen molar-refractivity contribution in [1.29, 1.82) is 0 Å². The van der Waals surface area contributed by atoms with E-state index in [0.29, 0.717) is 14.6 Å². The van der Waals surface area contributed by atoms with E-state index in [-0.39, 0.29) is 17.5 Å². The Labute approximate surface area is 127 Å². The number of hydrogen-bond acceptors (Lipinski definition) is 2. The highest BCUT2D eigenvalue weighted by Gasteiger charge is 2.15. The Kier molecular flexibility index (Phi) is 3.12. The van der Waals surface area contributed by atoms with Crippen molar-refractivity contribution in [1.82, 2.24) is 9.55 Å². The Morgan fingerprint density at radius 2 is 1.90 bits per heavy atom. The monoisotopic (exact) mass is 385 g/mol. The summed E-state index contributed by atoms with van der Waals surface area (Å²) in [5, 5.41) is 0. The van der Waals surface area contributed by atoms with Crippen LogP contribution < -0.4 is 5.73 Å². The quantitative estimate of drug-likeness (QED) is 0.648. The van der Waals surface area contributed by atoms with Crippen LogP contribution in [-0.2, 0) is 0 Å². The predicted octanol–water partition coefficient (Wildman–Crippen LogP) is 3.80. The van der Waals surface area contributed by atoms with Crippen LogP contribution in [0.25, 0.3) is 16.7 Å². The van der Waals surface area contributed by atoms with Crippen LogP contribution in [-0.4, -0.2) is 9.55 Å². The van der Waals surface area contributed by atoms with Crippen LogP contribution in [0.15, 0.2) is 30.3 Å². The highest BCUT2D eigenvalue weighted by molar-refractivity contribution is 14.1. The minimum atomic E-state index is -0.421. The van der Waals surface area contributed by atoms with Gasteiger partial charge in [-0.05, 0) is 53.3 Å². The van der Waals surface area contributed by atoms with Crippen molar-refractivity contribution in [2.45, 2.75) is 6.92 Å². The fourth-order valence-corrected chi connectivity index (χ4v) is 2.59. The van der Waals surface area contributed by atoms with Crippen molar-refractivity contribution in [2.75, 3.05) is 5.73 Å². The van der Waals surface area contributed by atoms with Crippen LogP contribution in [0.3, 0.4) is 0 Å². The fourth-order valence-electron chi connectivity index (χ4n) is 2.14. The van der Waals surface area contributed by atoms with Gasteiger partial charge in [-0.15, -0.1) is 0 Å². The average molecular weight is 385 g/mol. The number of hydrogen-bond donors (Lipinski definition) is 1. The van der Waals surface area contributed by atoms with Gasteiger partial charge in [-0.1, -0.05) is 6.07 Å². The van der Waals surface area contributed by atoms with Gasteiger partial charge < -0.3 is 5.73 Å². The number of nitrogen functional groups attached to an aromatic ring is 1. The number of aryl methyl sites for hydroxylation is 1. The molecule has 0 bridgehead atoms. The van der Waals surface area contributed by atoms with Gasteiger partial charge in [-0.2, -0.15) is 0 Å². The first-order valence-electron chi connectivity index (χ1n) is 5.87. The molecule has 0 aliphatic carbocycles. The molecule has 3 aromatic rings. The number of rotatable bonds is 1. The molecule has 0 radical (unpaired) electrons. The average Bonchev–Trinajstić information content (AvgIpc) is 2.66. The molecule has 1 heterocycles. The topological polar surface area (TPSA) is 43.8 Å². The highest BCUT2D eigenvalue weighted by Crippen LogP contribution is 2.27. The molecule has 3 rings (SSSR count). The molecule has 2 N–H and O–H groups in total. The van der Waals surface area contributed by atoms with Crippen LogP contribution in [0.2, 0.25) is 0 Å². The van der Waals surface area contributed by atoms with Crippen LogP contribution in [0.4, 0.5) is 14.7 Å². The molecule has 1 aromatic heterocycles. The molecule has 0 unspecified atom stereocenters. The molecule has 102 valence electrons. The summed E-state index contributed by atoms with van der Waals surface area (Å²) in [6.45, 7) is 1.80. The Bertz CT molecular complexity index is 827. The molecule has 0 spiro atoms. The molecular weight excluding hydrogens is 375 g/mol. The third kappa shape index (κ3) is 2.04. The summed E-state index contributed by atoms with van der Waals surface area (Å²) >= 11 is 1.88. The summed E-state index contributed by atoms with van der Waals surface area (Å²) in [4.78, 5) is 4.16. The number of anilines is 1. The normalized spacial score (nSPS) is 11.2. The lowest BCUT2D eigenvalue weighted by molar-refractivity contribution is 0.616. The first-order chi connectivity index (χ1) is 9.47. The van der Waals surface area contributed by atoms with Crippen molar-refractivity contribution in [2.24, 2.45) is 0 Å². The van der Waals surface area contributed by atoms with Crippen LogP contribution in [0.1, 0.15) is 5.56 Å². The van der Waals surface area contributed by atoms with E-state index in [1.807, 2.05) is 22.6 Å². The van der Waals surface area contributed by atoms with Crippen LogP contribution in [0.5, 0.6) is 0 Å². The molecule has 0 fully saturated rings. The molecule has 20 heavy (non-hydrogen) atoms. The third-order valence-electron chi connectivity index (χ3n) is 3.07. The molecule has 0 amide bonds. The number of nitrogens with zero attached hydrogens (tertiary/aromatic N) is 2. The molecular formula is C14H10F2IN3. The number of nitrogens with two attached hydrogens (primary N) is 1. The molecule has 6 heteroatoms. The Morgan fingerprint density at radius 1 is 1.15 bits per heavy atom. The molecule has 0 atom stereocenters. The standard InChI is InChI=1S/C14H10F2IN3/c1-7-2-3-12(9(16)4-7)20-13-5-8(15)10(17)6-11(13)19-14(20)18/h2-6H,1H3,(H2,18,19). The van der Waals surface area contributed by atoms with Crippen molar-refractivity contribution in [3.63, 3.8) is 0 Å². The SMILES string of the molecule is Cc1ccc(-n2c(N)nc3cc(I)c(F)cc32)c(F)c1. The van der Waals surface area contributed by atoms with Crippen LogP contribution in [0, 0.1) is 22.1 Å². The van der Waals surface area contributed by atoms with E-state index < -0.39 is 5.82 Å². The van der Waals surface area contributed by atoms with E-state index in [9.17, 15) is 8.78 Å². The van der Waals surface area contributed by atoms with Crippen molar-refractivity contribution < 1.29 is 8.78 Å². The fraction of sp³-hybridized carbons (Fsp3) is 0.0714. The first kappa shape index (κ1) is 13.3. The second-order valence-corrected chi connectivity index (χ2v) is 5.68. The summed E-state index contributed by atoms with van der Waals surface area (Å²) in [6.07, 6.45) is 0. The van der Waals surface area contributed by atoms with E-state index in [1.54, 1.807) is 25.1 Å². The van der Waals surface area contributed by atoms with Crippen molar-refractivity contribution >= 4 is 39.6 Å². The summed E-state index contributed by atoms with van der Waals surface area (Å²) < 4.78 is 29.7. The van der Waals surface area contributed by atoms with Crippen molar-refractivity contribution in [3.8, 4) is 5.69 Å². The number of imidazole rings is 1. The predicted molar refractivity (Wildman–Crippen MR) is 82.9 cm³/mol. The van der Waals surface area contributed by atoms with Crippen molar-refractivity contribution in [3.05, 3.63) is 51.1 Å². The minimum Gasteiger partial charge on any atom is -0.369 e. The van der Waals surface area contributed by atoms with E-state index in [1.165, 1.54) is 16.7 Å². The third-order valence-corrected chi connectivity index (χ3v) is 3.89. The zero-order chi connectivity index (χ0) is 14.4. The van der Waals surface area contributed by atoms with E-state index >= 15 is 0 Å². The Morgan fingerprint density at radius 3 is 2.60 bits per heavy atom. The van der Waals surface area contributed by atoms with E-state index in [2.05, 4.69) is 4.98 Å². The van der Waals surface area contributed by atoms with Gasteiger partial charge in [0.1, 0.15) is 11.6 Å². The number of halogens is 3. The summed E-state index contributed by atoms with van der Waals surface area (Å²) in [5.74, 6) is -0.675. The molecule has 0 aliphatic rings. The smallest absolute Gasteiger partial charge is 0.206 e. The van der Waals surface area contributed by atoms with Gasteiger partial charge in [-0.3, -0.25) is 4.57 Å². The number of benzene rings is 2. The first-order valence-corrected chi connectivity index (χ1v) is 6.95. The van der Waals surface area contributed by atoms with Gasteiger partial charge in [0.25, 0.3) is 0 Å². The Balaban J connectivity index is 2.35. The largest absolute Gasteiger partial charge is 0.369 e. The van der Waals surface area contributed by atoms with E-state index in [4.69, 9.17) is 5.73 Å². The second-order valence-electron chi connectivity index (χ2n) is 4.52. The van der Waals surface area contributed by atoms with Gasteiger partial charge in [-0.25, -0.2) is 13.8 Å². The zero-order valence-corrected chi connectivity index (χ0v) is 12.6. The Hall–Kier alpha value is -1.70. The second kappa shape index (κ2) is 4.69. The molecule has 0 aliphatic heterocycles. The van der Waals surface area contributed by atoms with Gasteiger partial charge in [0.2, 0.25) is 5.95 Å². The van der Waals surface area contributed by atoms with Gasteiger partial charge in [0, 0.05) is 6.07 Å². The maximum Gasteiger partial charge on any atom is 0.206 e. The summed E-state index contributed by atoms with van der Waals surface area (Å²) in [7, 11) is 0. The van der Waals surface area contributed by atoms with Crippen LogP contribution >= 0.6 is 22.6 Å². The van der Waals surface area contributed by atoms with Gasteiger partial charge in [0.15, 0.2) is 0 Å². The summed E-state index contributed by atoms with van der Waals surface area (Å²) in [6, 6.07) is 7.69. The molecule has 2 aromatic carbocycles. The minimum absolute atomic E-state index is 0.129. The summed E-state index contributed by atoms with van der Waals surface area (Å²) in [5.41, 5.74) is 7.90. The number of aromatic nitrogens is 2. The maximum absolute atomic E-state index is 14.1. The lowest BCUT2D eigenvalue weighted by Gasteiger charge is -2.08. The van der Waals surface area contributed by atoms with Gasteiger partial charge >= 0.3 is 0 Å². The lowest BCUT2D eigenvalue weighted by Crippen LogP contribution is -2.03. The highest BCUT2D eigenvalue weighted by atomic mass is 127. The number of fused-ring (bicyclic) bond motifs is 1. The molecule has 3 nitrogen and oxygen atoms in total. The molecule has 0 saturated carbocycles. The maximum atomic E-state index is 14.1. The molecule has 0 saturated heterocycles. The van der Waals surface area contributed by atoms with E-state index in [0.717, 1.165) is 5.56 Å². The zero-order valence-electron chi connectivity index (χ0n) is 10.5.